The van der Waals surface area contributed by atoms with Gasteiger partial charge in [-0.05, 0) is 69.1 Å². The van der Waals surface area contributed by atoms with Crippen LogP contribution in [0.5, 0.6) is 0 Å². The van der Waals surface area contributed by atoms with E-state index in [-0.39, 0.29) is 23.4 Å². The first-order chi connectivity index (χ1) is 12.3. The van der Waals surface area contributed by atoms with E-state index in [1.165, 1.54) is 25.7 Å². The van der Waals surface area contributed by atoms with E-state index in [2.05, 4.69) is 0 Å². The molecule has 0 bridgehead atoms. The molecule has 5 aliphatic rings. The molecule has 0 radical (unpaired) electrons. The Bertz CT molecular complexity index is 569. The lowest BCUT2D eigenvalue weighted by Crippen LogP contribution is -2.54. The molecule has 0 N–H and O–H groups in total. The summed E-state index contributed by atoms with van der Waals surface area (Å²) in [5.74, 6) is 1.23. The fourth-order valence-electron chi connectivity index (χ4n) is 6.80. The highest BCUT2D eigenvalue weighted by atomic mass is 16.5. The Balaban J connectivity index is 1.51. The zero-order chi connectivity index (χ0) is 17.0. The molecular formula is C22H30O3. The minimum Gasteiger partial charge on any atom is -0.374 e. The normalized spacial score (nSPS) is 42.2. The summed E-state index contributed by atoms with van der Waals surface area (Å²) in [5.41, 5.74) is 1.85. The molecule has 0 aromatic rings. The van der Waals surface area contributed by atoms with E-state index in [0.29, 0.717) is 24.0 Å². The third kappa shape index (κ3) is 2.49. The van der Waals surface area contributed by atoms with Crippen molar-refractivity contribution in [3.8, 4) is 0 Å². The summed E-state index contributed by atoms with van der Waals surface area (Å²) in [6.45, 7) is 0. The number of ketones is 2. The number of Topliss-reactive ketones (excluding diaryl/α,β-unsaturated/α-hetero) is 2. The summed E-state index contributed by atoms with van der Waals surface area (Å²) in [6.07, 6.45) is 14.0. The molecule has 3 fully saturated rings. The highest BCUT2D eigenvalue weighted by Crippen LogP contribution is 2.53. The van der Waals surface area contributed by atoms with Crippen LogP contribution in [0, 0.1) is 23.7 Å². The van der Waals surface area contributed by atoms with Gasteiger partial charge in [-0.1, -0.05) is 25.7 Å². The number of hydrogen-bond acceptors (Lipinski definition) is 3. The number of rotatable bonds is 1. The van der Waals surface area contributed by atoms with Crippen LogP contribution in [0.15, 0.2) is 11.1 Å². The van der Waals surface area contributed by atoms with Gasteiger partial charge in [0.15, 0.2) is 11.6 Å². The summed E-state index contributed by atoms with van der Waals surface area (Å²) in [7, 11) is 0. The molecule has 0 aromatic carbocycles. The first-order valence-corrected chi connectivity index (χ1v) is 10.7. The molecule has 25 heavy (non-hydrogen) atoms. The van der Waals surface area contributed by atoms with Gasteiger partial charge in [-0.15, -0.1) is 0 Å². The molecule has 0 amide bonds. The molecule has 136 valence electrons. The number of allylic oxidation sites excluding steroid dienone is 2. The van der Waals surface area contributed by atoms with Crippen molar-refractivity contribution in [1.82, 2.24) is 0 Å². The number of fused-ring (bicyclic) bond motifs is 2. The van der Waals surface area contributed by atoms with Crippen molar-refractivity contribution in [3.63, 3.8) is 0 Å². The fraction of sp³-hybridized carbons (Fsp3) is 0.818. The molecule has 0 spiro atoms. The zero-order valence-corrected chi connectivity index (χ0v) is 15.2. The monoisotopic (exact) mass is 342 g/mol. The van der Waals surface area contributed by atoms with E-state index < -0.39 is 0 Å². The number of carbonyl (C=O) groups excluding carboxylic acids is 2. The Morgan fingerprint density at radius 1 is 0.640 bits per heavy atom. The Morgan fingerprint density at radius 3 is 1.64 bits per heavy atom. The largest absolute Gasteiger partial charge is 0.374 e. The smallest absolute Gasteiger partial charge is 0.170 e. The second kappa shape index (κ2) is 6.33. The lowest BCUT2D eigenvalue weighted by molar-refractivity contribution is -0.183. The molecule has 4 unspecified atom stereocenters. The summed E-state index contributed by atoms with van der Waals surface area (Å²) in [4.78, 5) is 26.6. The van der Waals surface area contributed by atoms with Crippen LogP contribution in [-0.2, 0) is 14.3 Å². The molecule has 5 rings (SSSR count). The van der Waals surface area contributed by atoms with Crippen LogP contribution >= 0.6 is 0 Å². The van der Waals surface area contributed by atoms with Crippen molar-refractivity contribution >= 4 is 11.6 Å². The van der Waals surface area contributed by atoms with Crippen molar-refractivity contribution in [2.24, 2.45) is 23.7 Å². The Labute approximate surface area is 150 Å². The van der Waals surface area contributed by atoms with Crippen LogP contribution in [0.25, 0.3) is 0 Å². The molecule has 3 nitrogen and oxygen atoms in total. The van der Waals surface area contributed by atoms with Crippen molar-refractivity contribution in [1.29, 1.82) is 0 Å². The average Bonchev–Trinajstić information content (AvgIpc) is 2.91. The third-order valence-electron chi connectivity index (χ3n) is 7.86. The van der Waals surface area contributed by atoms with Crippen molar-refractivity contribution < 1.29 is 14.3 Å². The van der Waals surface area contributed by atoms with Crippen LogP contribution < -0.4 is 0 Å². The summed E-state index contributed by atoms with van der Waals surface area (Å²) >= 11 is 0. The maximum absolute atomic E-state index is 13.3. The standard InChI is InChI=1S/C22H30O3/c23-21-13-7-1-2-8-14(13)22(24)20(21)19-15-9-3-5-11-17(15)25-18-12-6-4-10-16(18)19/h15-20H,1-12H2. The van der Waals surface area contributed by atoms with E-state index in [4.69, 9.17) is 4.74 Å². The zero-order valence-electron chi connectivity index (χ0n) is 15.2. The second-order valence-corrected chi connectivity index (χ2v) is 9.06. The van der Waals surface area contributed by atoms with E-state index in [1.807, 2.05) is 0 Å². The fourth-order valence-corrected chi connectivity index (χ4v) is 6.80. The van der Waals surface area contributed by atoms with Gasteiger partial charge in [0.05, 0.1) is 18.1 Å². The Hall–Kier alpha value is -0.960. The number of carbonyl (C=O) groups is 2. The minimum atomic E-state index is -0.344. The summed E-state index contributed by atoms with van der Waals surface area (Å²) < 4.78 is 6.54. The molecule has 2 saturated carbocycles. The Morgan fingerprint density at radius 2 is 1.12 bits per heavy atom. The first kappa shape index (κ1) is 16.2. The highest BCUT2D eigenvalue weighted by Gasteiger charge is 2.55. The van der Waals surface area contributed by atoms with E-state index in [0.717, 1.165) is 62.5 Å². The predicted molar refractivity (Wildman–Crippen MR) is 95.1 cm³/mol. The summed E-state index contributed by atoms with van der Waals surface area (Å²) in [5, 5.41) is 0. The van der Waals surface area contributed by atoms with Gasteiger partial charge in [-0.2, -0.15) is 0 Å². The maximum Gasteiger partial charge on any atom is 0.170 e. The average molecular weight is 342 g/mol. The minimum absolute atomic E-state index is 0.222. The van der Waals surface area contributed by atoms with Gasteiger partial charge in [-0.25, -0.2) is 0 Å². The van der Waals surface area contributed by atoms with Crippen LogP contribution in [-0.4, -0.2) is 23.8 Å². The van der Waals surface area contributed by atoms with Gasteiger partial charge >= 0.3 is 0 Å². The molecule has 3 heteroatoms. The first-order valence-electron chi connectivity index (χ1n) is 10.7. The molecule has 4 atom stereocenters. The predicted octanol–water partition coefficient (Wildman–Crippen LogP) is 4.39. The van der Waals surface area contributed by atoms with Crippen molar-refractivity contribution in [2.75, 3.05) is 0 Å². The van der Waals surface area contributed by atoms with E-state index >= 15 is 0 Å². The molecule has 1 saturated heterocycles. The molecule has 4 aliphatic carbocycles. The lowest BCUT2D eigenvalue weighted by atomic mass is 9.60. The molecule has 1 heterocycles. The Kier molecular flexibility index (Phi) is 4.11. The second-order valence-electron chi connectivity index (χ2n) is 9.06. The lowest BCUT2D eigenvalue weighted by Gasteiger charge is -2.52. The van der Waals surface area contributed by atoms with E-state index in [1.54, 1.807) is 0 Å². The van der Waals surface area contributed by atoms with Crippen molar-refractivity contribution in [3.05, 3.63) is 11.1 Å². The van der Waals surface area contributed by atoms with Crippen LogP contribution in [0.4, 0.5) is 0 Å². The van der Waals surface area contributed by atoms with Crippen molar-refractivity contribution in [2.45, 2.75) is 89.3 Å². The molecular weight excluding hydrogens is 312 g/mol. The van der Waals surface area contributed by atoms with Gasteiger partial charge in [0.25, 0.3) is 0 Å². The number of hydrogen-bond donors (Lipinski definition) is 0. The van der Waals surface area contributed by atoms with Crippen LogP contribution in [0.2, 0.25) is 0 Å². The highest BCUT2D eigenvalue weighted by molar-refractivity contribution is 6.24. The van der Waals surface area contributed by atoms with Gasteiger partial charge < -0.3 is 4.74 Å². The quantitative estimate of drug-likeness (QED) is 0.664. The molecule has 1 aliphatic heterocycles. The third-order valence-corrected chi connectivity index (χ3v) is 7.86. The van der Waals surface area contributed by atoms with Gasteiger partial charge in [-0.3, -0.25) is 9.59 Å². The van der Waals surface area contributed by atoms with Crippen LogP contribution in [0.1, 0.15) is 77.0 Å². The molecule has 0 aromatic heterocycles. The maximum atomic E-state index is 13.3. The van der Waals surface area contributed by atoms with E-state index in [9.17, 15) is 9.59 Å². The summed E-state index contributed by atoms with van der Waals surface area (Å²) in [6, 6.07) is 0. The topological polar surface area (TPSA) is 43.4 Å². The van der Waals surface area contributed by atoms with Crippen LogP contribution in [0.3, 0.4) is 0 Å². The number of ether oxygens (including phenoxy) is 1. The SMILES string of the molecule is O=C1C2=C(CCCC2)C(=O)C1C1C2CCCCC2OC2CCCCC21. The van der Waals surface area contributed by atoms with Gasteiger partial charge in [0.1, 0.15) is 0 Å². The van der Waals surface area contributed by atoms with Gasteiger partial charge in [0.2, 0.25) is 0 Å². The van der Waals surface area contributed by atoms with Gasteiger partial charge in [0, 0.05) is 11.1 Å².